The minimum absolute atomic E-state index is 0.240. The van der Waals surface area contributed by atoms with E-state index in [1.807, 2.05) is 54.6 Å². The summed E-state index contributed by atoms with van der Waals surface area (Å²) in [6, 6.07) is 16.5. The number of ether oxygens (including phenoxy) is 2. The van der Waals surface area contributed by atoms with Gasteiger partial charge < -0.3 is 20.1 Å². The molecule has 1 atom stereocenters. The van der Waals surface area contributed by atoms with Crippen LogP contribution in [0.15, 0.2) is 54.6 Å². The zero-order valence-corrected chi connectivity index (χ0v) is 14.9. The van der Waals surface area contributed by atoms with Crippen molar-refractivity contribution in [3.63, 3.8) is 0 Å². The lowest BCUT2D eigenvalue weighted by atomic mass is 10.1. The highest BCUT2D eigenvalue weighted by molar-refractivity contribution is 6.18. The Bertz CT molecular complexity index is 998. The number of rotatable bonds is 3. The van der Waals surface area contributed by atoms with E-state index in [1.54, 1.807) is 7.11 Å². The highest BCUT2D eigenvalue weighted by Gasteiger charge is 2.36. The molecule has 2 aliphatic carbocycles. The first-order chi connectivity index (χ1) is 13.1. The van der Waals surface area contributed by atoms with Crippen molar-refractivity contribution in [2.45, 2.75) is 6.17 Å². The molecule has 0 spiro atoms. The van der Waals surface area contributed by atoms with Gasteiger partial charge in [-0.3, -0.25) is 4.79 Å². The van der Waals surface area contributed by atoms with Gasteiger partial charge >= 0.3 is 5.97 Å². The standard InChI is InChI=1S/C21H18N2O4/c1-26-13-10-8-12(9-11-13)19-22-18-16(20(24)23-19)14-6-4-3-5-7-15(14)17(18)21(25)27-2/h3-11,19,22H,1-2H3,(H,23,24). The predicted molar refractivity (Wildman–Crippen MR) is 101 cm³/mol. The molecule has 0 aromatic heterocycles. The van der Waals surface area contributed by atoms with Gasteiger partial charge in [0.25, 0.3) is 5.91 Å². The fourth-order valence-corrected chi connectivity index (χ4v) is 3.42. The highest BCUT2D eigenvalue weighted by atomic mass is 16.5. The molecule has 0 saturated heterocycles. The molecule has 136 valence electrons. The quantitative estimate of drug-likeness (QED) is 0.698. The zero-order valence-electron chi connectivity index (χ0n) is 14.9. The number of carbonyl (C=O) groups is 2. The average molecular weight is 362 g/mol. The number of benzene rings is 1. The summed E-state index contributed by atoms with van der Waals surface area (Å²) < 4.78 is 10.2. The van der Waals surface area contributed by atoms with Gasteiger partial charge in [-0.1, -0.05) is 42.5 Å². The molecule has 4 rings (SSSR count). The highest BCUT2D eigenvalue weighted by Crippen LogP contribution is 2.43. The summed E-state index contributed by atoms with van der Waals surface area (Å²) in [5, 5.41) is 6.25. The maximum atomic E-state index is 12.9. The van der Waals surface area contributed by atoms with E-state index in [0.717, 1.165) is 11.3 Å². The van der Waals surface area contributed by atoms with Gasteiger partial charge in [-0.25, -0.2) is 4.79 Å². The van der Waals surface area contributed by atoms with Crippen molar-refractivity contribution in [3.8, 4) is 16.9 Å². The monoisotopic (exact) mass is 362 g/mol. The molecule has 1 amide bonds. The second-order valence-corrected chi connectivity index (χ2v) is 6.18. The maximum absolute atomic E-state index is 12.9. The Morgan fingerprint density at radius 2 is 1.63 bits per heavy atom. The van der Waals surface area contributed by atoms with Crippen LogP contribution in [-0.2, 0) is 4.74 Å². The van der Waals surface area contributed by atoms with E-state index in [2.05, 4.69) is 10.6 Å². The molecule has 0 saturated carbocycles. The summed E-state index contributed by atoms with van der Waals surface area (Å²) in [5.41, 5.74) is 3.54. The van der Waals surface area contributed by atoms with Crippen LogP contribution in [0.2, 0.25) is 0 Å². The molecule has 1 unspecified atom stereocenters. The van der Waals surface area contributed by atoms with Gasteiger partial charge in [-0.05, 0) is 28.8 Å². The number of nitrogens with one attached hydrogen (secondary N) is 2. The minimum atomic E-state index is -0.483. The van der Waals surface area contributed by atoms with E-state index in [1.165, 1.54) is 7.11 Å². The number of hydrogen-bond donors (Lipinski definition) is 2. The van der Waals surface area contributed by atoms with Crippen LogP contribution in [0, 0.1) is 0 Å². The third kappa shape index (κ3) is 2.75. The molecule has 1 aromatic carbocycles. The summed E-state index contributed by atoms with van der Waals surface area (Å²) in [6.07, 6.45) is -0.468. The number of amides is 1. The molecule has 1 heterocycles. The Hall–Kier alpha value is -3.54. The molecule has 6 nitrogen and oxygen atoms in total. The maximum Gasteiger partial charge on any atom is 0.340 e. The van der Waals surface area contributed by atoms with Crippen LogP contribution in [0.5, 0.6) is 5.75 Å². The summed E-state index contributed by atoms with van der Waals surface area (Å²) in [6.45, 7) is 0. The van der Waals surface area contributed by atoms with Crippen molar-refractivity contribution >= 4 is 17.6 Å². The van der Waals surface area contributed by atoms with Gasteiger partial charge in [0.15, 0.2) is 0 Å². The lowest BCUT2D eigenvalue weighted by molar-refractivity contribution is 0.0603. The molecule has 6 heteroatoms. The molecule has 2 N–H and O–H groups in total. The van der Waals surface area contributed by atoms with Crippen LogP contribution >= 0.6 is 0 Å². The molecule has 0 bridgehead atoms. The van der Waals surface area contributed by atoms with Crippen LogP contribution in [0.25, 0.3) is 11.1 Å². The van der Waals surface area contributed by atoms with Crippen LogP contribution in [0.4, 0.5) is 5.69 Å². The Morgan fingerprint density at radius 3 is 2.30 bits per heavy atom. The fraction of sp³-hybridized carbons (Fsp3) is 0.143. The van der Waals surface area contributed by atoms with E-state index >= 15 is 0 Å². The third-order valence-corrected chi connectivity index (χ3v) is 4.71. The van der Waals surface area contributed by atoms with E-state index < -0.39 is 12.1 Å². The summed E-state index contributed by atoms with van der Waals surface area (Å²) in [5.74, 6) is 0.00225. The molecule has 27 heavy (non-hydrogen) atoms. The Labute approximate surface area is 156 Å². The number of methoxy groups -OCH3 is 2. The number of esters is 1. The number of anilines is 1. The predicted octanol–water partition coefficient (Wildman–Crippen LogP) is 3.44. The molecule has 1 aromatic rings. The van der Waals surface area contributed by atoms with Gasteiger partial charge in [-0.2, -0.15) is 0 Å². The zero-order chi connectivity index (χ0) is 19.0. The van der Waals surface area contributed by atoms with Crippen LogP contribution in [-0.4, -0.2) is 26.1 Å². The van der Waals surface area contributed by atoms with Crippen LogP contribution in [0.3, 0.4) is 0 Å². The average Bonchev–Trinajstić information content (AvgIpc) is 2.83. The molecule has 1 aliphatic heterocycles. The summed E-state index contributed by atoms with van der Waals surface area (Å²) >= 11 is 0. The molecule has 0 fully saturated rings. The van der Waals surface area contributed by atoms with Crippen molar-refractivity contribution in [2.24, 2.45) is 0 Å². The lowest BCUT2D eigenvalue weighted by Gasteiger charge is -2.27. The molecular weight excluding hydrogens is 344 g/mol. The first-order valence-corrected chi connectivity index (χ1v) is 8.48. The van der Waals surface area contributed by atoms with Crippen molar-refractivity contribution in [3.05, 3.63) is 71.3 Å². The minimum Gasteiger partial charge on any atom is -0.497 e. The van der Waals surface area contributed by atoms with Gasteiger partial charge in [-0.15, -0.1) is 0 Å². The number of fused-ring (bicyclic) bond motifs is 3. The van der Waals surface area contributed by atoms with Crippen molar-refractivity contribution in [2.75, 3.05) is 19.5 Å². The van der Waals surface area contributed by atoms with Gasteiger partial charge in [0.05, 0.1) is 31.0 Å². The second-order valence-electron chi connectivity index (χ2n) is 6.18. The Balaban J connectivity index is 1.85. The van der Waals surface area contributed by atoms with Crippen molar-refractivity contribution < 1.29 is 19.1 Å². The van der Waals surface area contributed by atoms with Gasteiger partial charge in [0.1, 0.15) is 11.9 Å². The third-order valence-electron chi connectivity index (χ3n) is 4.71. The Morgan fingerprint density at radius 1 is 0.926 bits per heavy atom. The summed E-state index contributed by atoms with van der Waals surface area (Å²) in [7, 11) is 2.93. The number of hydrogen-bond acceptors (Lipinski definition) is 5. The summed E-state index contributed by atoms with van der Waals surface area (Å²) in [4.78, 5) is 25.4. The van der Waals surface area contributed by atoms with Gasteiger partial charge in [0, 0.05) is 0 Å². The first-order valence-electron chi connectivity index (χ1n) is 8.48. The van der Waals surface area contributed by atoms with Crippen molar-refractivity contribution in [1.29, 1.82) is 0 Å². The lowest BCUT2D eigenvalue weighted by Crippen LogP contribution is -2.38. The fourth-order valence-electron chi connectivity index (χ4n) is 3.42. The van der Waals surface area contributed by atoms with Gasteiger partial charge in [0.2, 0.25) is 0 Å². The largest absolute Gasteiger partial charge is 0.497 e. The van der Waals surface area contributed by atoms with E-state index in [9.17, 15) is 9.59 Å². The Kier molecular flexibility index (Phi) is 4.16. The van der Waals surface area contributed by atoms with Crippen LogP contribution in [0.1, 0.15) is 32.4 Å². The topological polar surface area (TPSA) is 76.7 Å². The van der Waals surface area contributed by atoms with Crippen LogP contribution < -0.4 is 15.4 Å². The SMILES string of the molecule is COC(=O)c1c2cccccc-2c2c1NC(c1ccc(OC)cc1)NC2=O. The number of carbonyl (C=O) groups excluding carboxylic acids is 2. The molecule has 0 radical (unpaired) electrons. The smallest absolute Gasteiger partial charge is 0.340 e. The first kappa shape index (κ1) is 16.9. The van der Waals surface area contributed by atoms with E-state index in [0.29, 0.717) is 27.9 Å². The van der Waals surface area contributed by atoms with Crippen molar-refractivity contribution in [1.82, 2.24) is 5.32 Å². The normalized spacial score (nSPS) is 15.5. The van der Waals surface area contributed by atoms with E-state index in [4.69, 9.17) is 9.47 Å². The molecule has 3 aliphatic rings. The molecular formula is C21H18N2O4. The van der Waals surface area contributed by atoms with E-state index in [-0.39, 0.29) is 5.91 Å². The second kappa shape index (κ2) is 6.64.